The largest absolute Gasteiger partial charge is 0.481 e. The van der Waals surface area contributed by atoms with E-state index in [9.17, 15) is 14.4 Å². The first kappa shape index (κ1) is 12.7. The minimum atomic E-state index is -1.07. The van der Waals surface area contributed by atoms with E-state index in [2.05, 4.69) is 15.1 Å². The molecule has 0 radical (unpaired) electrons. The Morgan fingerprint density at radius 2 is 2.21 bits per heavy atom. The van der Waals surface area contributed by atoms with Crippen LogP contribution in [0.3, 0.4) is 0 Å². The number of aliphatic carboxylic acids is 1. The van der Waals surface area contributed by atoms with E-state index in [0.29, 0.717) is 0 Å². The minimum absolute atomic E-state index is 0.200. The maximum Gasteiger partial charge on any atom is 0.308 e. The van der Waals surface area contributed by atoms with Gasteiger partial charge in [0.15, 0.2) is 12.4 Å². The van der Waals surface area contributed by atoms with Crippen molar-refractivity contribution in [3.63, 3.8) is 0 Å². The molecular formula is C10H10N4O5. The van der Waals surface area contributed by atoms with Crippen molar-refractivity contribution in [1.29, 1.82) is 0 Å². The maximum absolute atomic E-state index is 11.4. The van der Waals surface area contributed by atoms with E-state index in [1.54, 1.807) is 0 Å². The van der Waals surface area contributed by atoms with Crippen LogP contribution in [-0.4, -0.2) is 36.8 Å². The Morgan fingerprint density at radius 1 is 1.42 bits per heavy atom. The molecule has 2 aromatic heterocycles. The second-order valence-electron chi connectivity index (χ2n) is 3.68. The first-order valence-electron chi connectivity index (χ1n) is 5.34. The fourth-order valence-corrected chi connectivity index (χ4v) is 1.38. The van der Waals surface area contributed by atoms with E-state index in [1.807, 2.05) is 0 Å². The fourth-order valence-electron chi connectivity index (χ4n) is 1.38. The number of nitrogens with zero attached hydrogens (tertiary/aromatic N) is 3. The van der Waals surface area contributed by atoms with Crippen LogP contribution in [0.1, 0.15) is 12.8 Å². The quantitative estimate of drug-likeness (QED) is 0.697. The van der Waals surface area contributed by atoms with Gasteiger partial charge in [0.05, 0.1) is 19.2 Å². The molecule has 9 heteroatoms. The van der Waals surface area contributed by atoms with Crippen LogP contribution in [0.2, 0.25) is 0 Å². The molecule has 2 aromatic rings. The van der Waals surface area contributed by atoms with Crippen LogP contribution in [0.25, 0.3) is 11.0 Å². The highest BCUT2D eigenvalue weighted by molar-refractivity contribution is 5.76. The molecule has 19 heavy (non-hydrogen) atoms. The van der Waals surface area contributed by atoms with Crippen molar-refractivity contribution >= 4 is 23.0 Å². The molecule has 100 valence electrons. The van der Waals surface area contributed by atoms with Gasteiger partial charge in [0, 0.05) is 6.20 Å². The normalized spacial score (nSPS) is 10.5. The lowest BCUT2D eigenvalue weighted by Crippen LogP contribution is -2.11. The van der Waals surface area contributed by atoms with Crippen molar-refractivity contribution in [2.75, 3.05) is 0 Å². The number of hydrogen-bond donors (Lipinski definition) is 2. The van der Waals surface area contributed by atoms with Gasteiger partial charge in [-0.1, -0.05) is 0 Å². The highest BCUT2D eigenvalue weighted by Gasteiger charge is 2.09. The predicted molar refractivity (Wildman–Crippen MR) is 61.1 cm³/mol. The van der Waals surface area contributed by atoms with Crippen LogP contribution in [0.15, 0.2) is 17.3 Å². The zero-order valence-corrected chi connectivity index (χ0v) is 9.70. The number of aromatic amines is 1. The average Bonchev–Trinajstić information content (AvgIpc) is 2.78. The molecule has 0 atom stereocenters. The van der Waals surface area contributed by atoms with Gasteiger partial charge in [0.1, 0.15) is 5.39 Å². The number of ether oxygens (including phenoxy) is 1. The molecule has 2 N–H and O–H groups in total. The van der Waals surface area contributed by atoms with Gasteiger partial charge in [-0.05, 0) is 0 Å². The monoisotopic (exact) mass is 266 g/mol. The van der Waals surface area contributed by atoms with E-state index in [4.69, 9.17) is 9.84 Å². The van der Waals surface area contributed by atoms with Crippen molar-refractivity contribution in [2.24, 2.45) is 0 Å². The van der Waals surface area contributed by atoms with E-state index in [1.165, 1.54) is 17.2 Å². The van der Waals surface area contributed by atoms with Crippen LogP contribution >= 0.6 is 0 Å². The van der Waals surface area contributed by atoms with Gasteiger partial charge in [-0.2, -0.15) is 0 Å². The summed E-state index contributed by atoms with van der Waals surface area (Å²) in [6.45, 7) is -0.200. The van der Waals surface area contributed by atoms with Gasteiger partial charge in [-0.25, -0.2) is 9.67 Å². The molecule has 0 fully saturated rings. The summed E-state index contributed by atoms with van der Waals surface area (Å²) in [5, 5.41) is 12.6. The number of rotatable bonds is 5. The number of H-pyrrole nitrogens is 1. The molecule has 0 aliphatic carbocycles. The van der Waals surface area contributed by atoms with Crippen LogP contribution in [0, 0.1) is 0 Å². The predicted octanol–water partition coefficient (Wildman–Crippen LogP) is -0.515. The van der Waals surface area contributed by atoms with Crippen LogP contribution in [-0.2, 0) is 21.1 Å². The zero-order valence-electron chi connectivity index (χ0n) is 9.70. The first-order valence-corrected chi connectivity index (χ1v) is 5.34. The van der Waals surface area contributed by atoms with Crippen LogP contribution in [0.5, 0.6) is 0 Å². The van der Waals surface area contributed by atoms with Gasteiger partial charge >= 0.3 is 11.9 Å². The Bertz CT molecular complexity index is 674. The Hall–Kier alpha value is -2.71. The van der Waals surface area contributed by atoms with Crippen LogP contribution in [0.4, 0.5) is 0 Å². The number of carbonyl (C=O) groups is 2. The fraction of sp³-hybridized carbons (Fsp3) is 0.300. The summed E-state index contributed by atoms with van der Waals surface area (Å²) in [4.78, 5) is 39.1. The van der Waals surface area contributed by atoms with Crippen molar-refractivity contribution in [1.82, 2.24) is 19.7 Å². The molecule has 0 saturated carbocycles. The van der Waals surface area contributed by atoms with E-state index < -0.39 is 11.9 Å². The van der Waals surface area contributed by atoms with E-state index in [-0.39, 0.29) is 36.2 Å². The summed E-state index contributed by atoms with van der Waals surface area (Å²) in [5.41, 5.74) is -0.0983. The number of esters is 1. The summed E-state index contributed by atoms with van der Waals surface area (Å²) >= 11 is 0. The smallest absolute Gasteiger partial charge is 0.308 e. The second-order valence-corrected chi connectivity index (χ2v) is 3.68. The molecular weight excluding hydrogens is 256 g/mol. The van der Waals surface area contributed by atoms with Gasteiger partial charge < -0.3 is 14.8 Å². The Kier molecular flexibility index (Phi) is 3.55. The summed E-state index contributed by atoms with van der Waals surface area (Å²) in [6.07, 6.45) is 2.11. The number of aromatic nitrogens is 4. The number of carboxylic acid groups (broad SMARTS) is 1. The van der Waals surface area contributed by atoms with Crippen molar-refractivity contribution in [3.8, 4) is 0 Å². The molecule has 0 aromatic carbocycles. The molecule has 0 aliphatic rings. The average molecular weight is 266 g/mol. The lowest BCUT2D eigenvalue weighted by molar-refractivity contribution is -0.151. The minimum Gasteiger partial charge on any atom is -0.481 e. The third-order valence-corrected chi connectivity index (χ3v) is 2.27. The molecule has 0 amide bonds. The van der Waals surface area contributed by atoms with Crippen molar-refractivity contribution in [3.05, 3.63) is 22.9 Å². The topological polar surface area (TPSA) is 127 Å². The molecule has 0 spiro atoms. The summed E-state index contributed by atoms with van der Waals surface area (Å²) in [6, 6.07) is 0. The first-order chi connectivity index (χ1) is 9.06. The number of hydrogen-bond acceptors (Lipinski definition) is 6. The van der Waals surface area contributed by atoms with E-state index >= 15 is 0 Å². The second kappa shape index (κ2) is 5.29. The SMILES string of the molecule is O=C(O)CCC(=O)OCn1cc2c(=O)[nH]cnc2n1. The van der Waals surface area contributed by atoms with Gasteiger partial charge in [-0.15, -0.1) is 5.10 Å². The molecule has 0 saturated heterocycles. The Labute approximate surface area is 105 Å². The lowest BCUT2D eigenvalue weighted by atomic mass is 10.3. The highest BCUT2D eigenvalue weighted by atomic mass is 16.5. The lowest BCUT2D eigenvalue weighted by Gasteiger charge is -2.02. The summed E-state index contributed by atoms with van der Waals surface area (Å²) in [7, 11) is 0. The number of nitrogens with one attached hydrogen (secondary N) is 1. The number of fused-ring (bicyclic) bond motifs is 1. The zero-order chi connectivity index (χ0) is 13.8. The van der Waals surface area contributed by atoms with Gasteiger partial charge in [-0.3, -0.25) is 14.4 Å². The van der Waals surface area contributed by atoms with E-state index in [0.717, 1.165) is 0 Å². The standard InChI is InChI=1S/C10H10N4O5/c15-7(16)1-2-8(17)19-5-14-3-6-9(13-14)11-4-12-10(6)18/h3-4H,1-2,5H2,(H,15,16)(H,11,12,13,18). The Balaban J connectivity index is 1.98. The highest BCUT2D eigenvalue weighted by Crippen LogP contribution is 2.03. The molecule has 0 unspecified atom stereocenters. The van der Waals surface area contributed by atoms with Crippen molar-refractivity contribution in [2.45, 2.75) is 19.6 Å². The maximum atomic E-state index is 11.4. The Morgan fingerprint density at radius 3 is 2.89 bits per heavy atom. The van der Waals surface area contributed by atoms with Crippen LogP contribution < -0.4 is 5.56 Å². The third kappa shape index (κ3) is 3.15. The third-order valence-electron chi connectivity index (χ3n) is 2.27. The summed E-state index contributed by atoms with van der Waals surface area (Å²) in [5.74, 6) is -1.72. The molecule has 0 bridgehead atoms. The molecule has 2 rings (SSSR count). The summed E-state index contributed by atoms with van der Waals surface area (Å²) < 4.78 is 6.05. The number of carbonyl (C=O) groups excluding carboxylic acids is 1. The van der Waals surface area contributed by atoms with Gasteiger partial charge in [0.25, 0.3) is 5.56 Å². The van der Waals surface area contributed by atoms with Gasteiger partial charge in [0.2, 0.25) is 0 Å². The number of carboxylic acids is 1. The molecule has 0 aliphatic heterocycles. The van der Waals surface area contributed by atoms with Crippen molar-refractivity contribution < 1.29 is 19.4 Å². The molecule has 2 heterocycles. The molecule has 9 nitrogen and oxygen atoms in total.